The summed E-state index contributed by atoms with van der Waals surface area (Å²) in [4.78, 5) is 13.8. The maximum atomic E-state index is 4.72. The van der Waals surface area contributed by atoms with Crippen molar-refractivity contribution in [1.29, 1.82) is 0 Å². The fourth-order valence-corrected chi connectivity index (χ4v) is 3.36. The summed E-state index contributed by atoms with van der Waals surface area (Å²) in [6.45, 7) is 11.6. The lowest BCUT2D eigenvalue weighted by molar-refractivity contribution is 0.384. The van der Waals surface area contributed by atoms with Crippen molar-refractivity contribution in [2.24, 2.45) is 0 Å². The van der Waals surface area contributed by atoms with E-state index in [4.69, 9.17) is 4.98 Å². The predicted octanol–water partition coefficient (Wildman–Crippen LogP) is 4.89. The Morgan fingerprint density at radius 3 is 2.61 bits per heavy atom. The Kier molecular flexibility index (Phi) is 10.0. The van der Waals surface area contributed by atoms with Gasteiger partial charge in [0.1, 0.15) is 5.82 Å². The van der Waals surface area contributed by atoms with Gasteiger partial charge < -0.3 is 15.1 Å². The fourth-order valence-electron chi connectivity index (χ4n) is 3.36. The van der Waals surface area contributed by atoms with Gasteiger partial charge in [0, 0.05) is 38.9 Å². The van der Waals surface area contributed by atoms with E-state index in [-0.39, 0.29) is 0 Å². The molecule has 0 aromatic carbocycles. The van der Waals surface area contributed by atoms with Crippen LogP contribution in [0.25, 0.3) is 0 Å². The lowest BCUT2D eigenvalue weighted by Gasteiger charge is -2.21. The lowest BCUT2D eigenvalue weighted by Crippen LogP contribution is -2.27. The highest BCUT2D eigenvalue weighted by Crippen LogP contribution is 2.17. The van der Waals surface area contributed by atoms with Crippen LogP contribution in [0.4, 0.5) is 11.8 Å². The average Bonchev–Trinajstić information content (AvgIpc) is 2.96. The number of nitrogens with zero attached hydrogens (tertiary/aromatic N) is 4. The van der Waals surface area contributed by atoms with E-state index in [0.717, 1.165) is 57.3 Å². The highest BCUT2D eigenvalue weighted by molar-refractivity contribution is 5.42. The normalized spacial score (nSPS) is 15.5. The molecule has 1 saturated heterocycles. The number of nitrogens with one attached hydrogen (secondary N) is 1. The van der Waals surface area contributed by atoms with Gasteiger partial charge >= 0.3 is 0 Å². The summed E-state index contributed by atoms with van der Waals surface area (Å²) < 4.78 is 0. The van der Waals surface area contributed by atoms with Gasteiger partial charge in [-0.2, -0.15) is 4.98 Å². The first-order chi connectivity index (χ1) is 13.5. The van der Waals surface area contributed by atoms with Crippen LogP contribution in [-0.4, -0.2) is 54.6 Å². The first kappa shape index (κ1) is 22.4. The second kappa shape index (κ2) is 12.6. The molecular formula is C23H39N5. The molecule has 1 fully saturated rings. The number of likely N-dealkylation sites (N-methyl/N-ethyl adjacent to an activating group) is 1. The van der Waals surface area contributed by atoms with Crippen LogP contribution in [0.3, 0.4) is 0 Å². The summed E-state index contributed by atoms with van der Waals surface area (Å²) >= 11 is 0. The predicted molar refractivity (Wildman–Crippen MR) is 121 cm³/mol. The van der Waals surface area contributed by atoms with Crippen molar-refractivity contribution in [1.82, 2.24) is 14.9 Å². The number of hydrogen-bond donors (Lipinski definition) is 1. The molecule has 1 aliphatic rings. The van der Waals surface area contributed by atoms with E-state index in [1.54, 1.807) is 0 Å². The summed E-state index contributed by atoms with van der Waals surface area (Å²) in [7, 11) is 2.16. The first-order valence-corrected chi connectivity index (χ1v) is 10.8. The third-order valence-corrected chi connectivity index (χ3v) is 5.19. The molecule has 2 rings (SSSR count). The molecule has 0 saturated carbocycles. The Morgan fingerprint density at radius 1 is 1.14 bits per heavy atom. The SMILES string of the molecule is CC(C)=CCC/C(C)=C/CN(C)CCNc1nccc(N2CCCCCC2)n1. The van der Waals surface area contributed by atoms with Crippen LogP contribution in [0.5, 0.6) is 0 Å². The lowest BCUT2D eigenvalue weighted by atomic mass is 10.1. The maximum Gasteiger partial charge on any atom is 0.224 e. The molecule has 5 heteroatoms. The minimum atomic E-state index is 0.739. The molecule has 156 valence electrons. The second-order valence-electron chi connectivity index (χ2n) is 8.20. The zero-order valence-electron chi connectivity index (χ0n) is 18.4. The zero-order valence-corrected chi connectivity index (χ0v) is 18.4. The molecule has 1 N–H and O–H groups in total. The van der Waals surface area contributed by atoms with Crippen LogP contribution in [0.2, 0.25) is 0 Å². The minimum Gasteiger partial charge on any atom is -0.356 e. The molecule has 28 heavy (non-hydrogen) atoms. The number of rotatable bonds is 10. The van der Waals surface area contributed by atoms with E-state index >= 15 is 0 Å². The van der Waals surface area contributed by atoms with Gasteiger partial charge in [-0.15, -0.1) is 0 Å². The van der Waals surface area contributed by atoms with Gasteiger partial charge in [0.15, 0.2) is 0 Å². The smallest absolute Gasteiger partial charge is 0.224 e. The molecule has 2 heterocycles. The Hall–Kier alpha value is -1.88. The van der Waals surface area contributed by atoms with E-state index in [0.29, 0.717) is 0 Å². The molecule has 0 spiro atoms. The number of aromatic nitrogens is 2. The van der Waals surface area contributed by atoms with Crippen molar-refractivity contribution in [3.8, 4) is 0 Å². The summed E-state index contributed by atoms with van der Waals surface area (Å²) in [5.74, 6) is 1.80. The zero-order chi connectivity index (χ0) is 20.2. The third kappa shape index (κ3) is 8.87. The van der Waals surface area contributed by atoms with Gasteiger partial charge in [-0.25, -0.2) is 4.98 Å². The van der Waals surface area contributed by atoms with Crippen LogP contribution < -0.4 is 10.2 Å². The molecular weight excluding hydrogens is 346 g/mol. The molecule has 0 amide bonds. The summed E-state index contributed by atoms with van der Waals surface area (Å²) in [6.07, 6.45) is 14.0. The number of hydrogen-bond acceptors (Lipinski definition) is 5. The minimum absolute atomic E-state index is 0.739. The van der Waals surface area contributed by atoms with Gasteiger partial charge in [-0.1, -0.05) is 36.1 Å². The van der Waals surface area contributed by atoms with E-state index in [9.17, 15) is 0 Å². The van der Waals surface area contributed by atoms with Gasteiger partial charge in [-0.05, 0) is 59.6 Å². The molecule has 0 unspecified atom stereocenters. The molecule has 0 atom stereocenters. The van der Waals surface area contributed by atoms with Crippen molar-refractivity contribution in [2.45, 2.75) is 59.3 Å². The van der Waals surface area contributed by atoms with Crippen LogP contribution in [0.15, 0.2) is 35.6 Å². The largest absolute Gasteiger partial charge is 0.356 e. The highest BCUT2D eigenvalue weighted by Gasteiger charge is 2.11. The van der Waals surface area contributed by atoms with E-state index in [1.165, 1.54) is 36.8 Å². The monoisotopic (exact) mass is 385 g/mol. The molecule has 1 aromatic rings. The van der Waals surface area contributed by atoms with Crippen molar-refractivity contribution in [3.63, 3.8) is 0 Å². The first-order valence-electron chi connectivity index (χ1n) is 10.8. The summed E-state index contributed by atoms with van der Waals surface area (Å²) in [5, 5.41) is 3.39. The van der Waals surface area contributed by atoms with Crippen molar-refractivity contribution < 1.29 is 0 Å². The Bertz CT molecular complexity index is 626. The average molecular weight is 386 g/mol. The van der Waals surface area contributed by atoms with Gasteiger partial charge in [0.2, 0.25) is 5.95 Å². The molecule has 1 aromatic heterocycles. The number of anilines is 2. The molecule has 0 aliphatic carbocycles. The second-order valence-corrected chi connectivity index (χ2v) is 8.20. The van der Waals surface area contributed by atoms with Crippen LogP contribution in [0.1, 0.15) is 59.3 Å². The molecule has 0 radical (unpaired) electrons. The van der Waals surface area contributed by atoms with E-state index < -0.39 is 0 Å². The van der Waals surface area contributed by atoms with Gasteiger partial charge in [0.05, 0.1) is 0 Å². The van der Waals surface area contributed by atoms with E-state index in [2.05, 4.69) is 60.1 Å². The molecule has 1 aliphatic heterocycles. The molecule has 5 nitrogen and oxygen atoms in total. The van der Waals surface area contributed by atoms with Crippen molar-refractivity contribution in [2.75, 3.05) is 50.0 Å². The molecule has 0 bridgehead atoms. The van der Waals surface area contributed by atoms with E-state index in [1.807, 2.05) is 12.3 Å². The van der Waals surface area contributed by atoms with Crippen molar-refractivity contribution >= 4 is 11.8 Å². The van der Waals surface area contributed by atoms with Gasteiger partial charge in [-0.3, -0.25) is 0 Å². The van der Waals surface area contributed by atoms with Crippen LogP contribution in [0, 0.1) is 0 Å². The Balaban J connectivity index is 1.72. The Labute approximate surface area is 171 Å². The maximum absolute atomic E-state index is 4.72. The third-order valence-electron chi connectivity index (χ3n) is 5.19. The topological polar surface area (TPSA) is 44.3 Å². The van der Waals surface area contributed by atoms with Crippen molar-refractivity contribution in [3.05, 3.63) is 35.6 Å². The van der Waals surface area contributed by atoms with Crippen LogP contribution in [-0.2, 0) is 0 Å². The number of allylic oxidation sites excluding steroid dienone is 3. The van der Waals surface area contributed by atoms with Gasteiger partial charge in [0.25, 0.3) is 0 Å². The quantitative estimate of drug-likeness (QED) is 0.581. The summed E-state index contributed by atoms with van der Waals surface area (Å²) in [5.41, 5.74) is 2.86. The summed E-state index contributed by atoms with van der Waals surface area (Å²) in [6, 6.07) is 2.03. The van der Waals surface area contributed by atoms with Crippen LogP contribution >= 0.6 is 0 Å². The standard InChI is InChI=1S/C23H39N5/c1-20(2)10-9-11-21(3)13-18-27(4)19-15-25-23-24-14-12-22(26-23)28-16-7-5-6-8-17-28/h10,12-14H,5-9,11,15-19H2,1-4H3,(H,24,25,26)/b21-13+. The fraction of sp³-hybridized carbons (Fsp3) is 0.652. The highest BCUT2D eigenvalue weighted by atomic mass is 15.2. The Morgan fingerprint density at radius 2 is 1.89 bits per heavy atom.